The zero-order chi connectivity index (χ0) is 15.4. The van der Waals surface area contributed by atoms with Crippen molar-refractivity contribution >= 4 is 17.3 Å². The van der Waals surface area contributed by atoms with Gasteiger partial charge in [0.25, 0.3) is 0 Å². The van der Waals surface area contributed by atoms with Gasteiger partial charge in [-0.3, -0.25) is 0 Å². The minimum atomic E-state index is -0.851. The summed E-state index contributed by atoms with van der Waals surface area (Å²) in [6.45, 7) is 5.94. The molecule has 1 atom stereocenters. The molecule has 3 nitrogen and oxygen atoms in total. The molecule has 2 aromatic carbocycles. The number of rotatable bonds is 5. The molecule has 0 aromatic heterocycles. The van der Waals surface area contributed by atoms with Crippen molar-refractivity contribution in [2.24, 2.45) is 0 Å². The van der Waals surface area contributed by atoms with E-state index in [1.165, 1.54) is 0 Å². The number of hydrogen-bond donors (Lipinski definition) is 2. The van der Waals surface area contributed by atoms with Gasteiger partial charge in [0, 0.05) is 16.3 Å². The molecule has 0 bridgehead atoms. The summed E-state index contributed by atoms with van der Waals surface area (Å²) >= 11 is 5.99. The van der Waals surface area contributed by atoms with E-state index in [2.05, 4.69) is 6.58 Å². The lowest BCUT2D eigenvalue weighted by Gasteiger charge is -2.18. The van der Waals surface area contributed by atoms with Crippen molar-refractivity contribution in [2.75, 3.05) is 12.3 Å². The molecule has 2 aromatic rings. The average molecular weight is 304 g/mol. The molecule has 0 spiro atoms. The van der Waals surface area contributed by atoms with Gasteiger partial charge in [0.15, 0.2) is 0 Å². The fourth-order valence-corrected chi connectivity index (χ4v) is 2.36. The Balaban J connectivity index is 2.41. The van der Waals surface area contributed by atoms with E-state index >= 15 is 0 Å². The summed E-state index contributed by atoms with van der Waals surface area (Å²) in [5.74, 6) is 0.715. The molecule has 0 aliphatic rings. The van der Waals surface area contributed by atoms with Crippen LogP contribution in [-0.2, 0) is 0 Å². The first-order valence-corrected chi connectivity index (χ1v) is 6.98. The predicted octanol–water partition coefficient (Wildman–Crippen LogP) is 3.88. The largest absolute Gasteiger partial charge is 0.489 e. The second-order valence-electron chi connectivity index (χ2n) is 4.75. The van der Waals surface area contributed by atoms with Crippen molar-refractivity contribution in [2.45, 2.75) is 13.0 Å². The van der Waals surface area contributed by atoms with Gasteiger partial charge in [-0.15, -0.1) is 0 Å². The molecule has 0 aliphatic carbocycles. The van der Waals surface area contributed by atoms with E-state index in [0.717, 1.165) is 11.1 Å². The summed E-state index contributed by atoms with van der Waals surface area (Å²) in [7, 11) is 0. The van der Waals surface area contributed by atoms with Gasteiger partial charge in [-0.25, -0.2) is 0 Å². The number of ether oxygens (including phenoxy) is 1. The van der Waals surface area contributed by atoms with Crippen LogP contribution in [0.2, 0.25) is 5.02 Å². The van der Waals surface area contributed by atoms with Crippen LogP contribution in [0.25, 0.3) is 0 Å². The molecule has 110 valence electrons. The Morgan fingerprint density at radius 2 is 2.10 bits per heavy atom. The fraction of sp³-hybridized carbons (Fsp3) is 0.176. The van der Waals surface area contributed by atoms with Crippen molar-refractivity contribution in [1.82, 2.24) is 0 Å². The molecule has 0 heterocycles. The van der Waals surface area contributed by atoms with Crippen LogP contribution in [-0.4, -0.2) is 11.7 Å². The van der Waals surface area contributed by atoms with Gasteiger partial charge in [-0.1, -0.05) is 36.4 Å². The van der Waals surface area contributed by atoms with Crippen LogP contribution in [0, 0.1) is 6.92 Å². The van der Waals surface area contributed by atoms with Crippen LogP contribution in [0.5, 0.6) is 5.75 Å². The lowest BCUT2D eigenvalue weighted by Crippen LogP contribution is -2.07. The standard InChI is InChI=1S/C17H18ClNO2/c1-3-9-21-16-6-4-5-13(11(16)2)17(20)14-10-12(18)7-8-15(14)19/h3-8,10,17,20H,1,9,19H2,2H3/t17-/m1/s1. The highest BCUT2D eigenvalue weighted by molar-refractivity contribution is 6.30. The first kappa shape index (κ1) is 15.4. The minimum Gasteiger partial charge on any atom is -0.489 e. The van der Waals surface area contributed by atoms with Crippen molar-refractivity contribution in [1.29, 1.82) is 0 Å². The molecular formula is C17H18ClNO2. The number of hydrogen-bond acceptors (Lipinski definition) is 3. The monoisotopic (exact) mass is 303 g/mol. The molecule has 21 heavy (non-hydrogen) atoms. The molecule has 4 heteroatoms. The molecule has 3 N–H and O–H groups in total. The molecule has 0 saturated carbocycles. The quantitative estimate of drug-likeness (QED) is 0.651. The molecule has 0 fully saturated rings. The number of aliphatic hydroxyl groups is 1. The van der Waals surface area contributed by atoms with Crippen LogP contribution in [0.15, 0.2) is 49.1 Å². The highest BCUT2D eigenvalue weighted by atomic mass is 35.5. The van der Waals surface area contributed by atoms with Gasteiger partial charge in [0.2, 0.25) is 0 Å². The van der Waals surface area contributed by atoms with Crippen LogP contribution in [0.1, 0.15) is 22.8 Å². The molecule has 2 rings (SSSR count). The Kier molecular flexibility index (Phi) is 4.89. The summed E-state index contributed by atoms with van der Waals surface area (Å²) in [5.41, 5.74) is 8.63. The van der Waals surface area contributed by atoms with E-state index in [1.54, 1.807) is 24.3 Å². The molecule has 0 saturated heterocycles. The zero-order valence-electron chi connectivity index (χ0n) is 11.8. The molecule has 0 aliphatic heterocycles. The number of nitrogens with two attached hydrogens (primary N) is 1. The van der Waals surface area contributed by atoms with E-state index in [1.807, 2.05) is 25.1 Å². The summed E-state index contributed by atoms with van der Waals surface area (Å²) < 4.78 is 5.58. The van der Waals surface area contributed by atoms with Gasteiger partial charge in [0.05, 0.1) is 0 Å². The SMILES string of the molecule is C=CCOc1cccc([C@@H](O)c2cc(Cl)ccc2N)c1C. The third kappa shape index (κ3) is 3.38. The Bertz CT molecular complexity index is 655. The maximum atomic E-state index is 10.6. The summed E-state index contributed by atoms with van der Waals surface area (Å²) in [5, 5.41) is 11.2. The molecular weight excluding hydrogens is 286 g/mol. The Hall–Kier alpha value is -1.97. The highest BCUT2D eigenvalue weighted by Crippen LogP contribution is 2.33. The fourth-order valence-electron chi connectivity index (χ4n) is 2.18. The third-order valence-corrected chi connectivity index (χ3v) is 3.56. The lowest BCUT2D eigenvalue weighted by atomic mass is 9.96. The van der Waals surface area contributed by atoms with Gasteiger partial charge in [-0.05, 0) is 42.3 Å². The van der Waals surface area contributed by atoms with Gasteiger partial charge in [0.1, 0.15) is 18.5 Å². The van der Waals surface area contributed by atoms with E-state index in [0.29, 0.717) is 28.6 Å². The Morgan fingerprint density at radius 1 is 1.33 bits per heavy atom. The highest BCUT2D eigenvalue weighted by Gasteiger charge is 2.18. The number of aliphatic hydroxyl groups excluding tert-OH is 1. The van der Waals surface area contributed by atoms with Gasteiger partial charge >= 0.3 is 0 Å². The number of anilines is 1. The zero-order valence-corrected chi connectivity index (χ0v) is 12.6. The molecule has 0 unspecified atom stereocenters. The predicted molar refractivity (Wildman–Crippen MR) is 86.8 cm³/mol. The molecule has 0 radical (unpaired) electrons. The summed E-state index contributed by atoms with van der Waals surface area (Å²) in [4.78, 5) is 0. The first-order chi connectivity index (χ1) is 10.0. The van der Waals surface area contributed by atoms with E-state index in [4.69, 9.17) is 22.1 Å². The summed E-state index contributed by atoms with van der Waals surface area (Å²) in [6, 6.07) is 10.6. The van der Waals surface area contributed by atoms with Crippen LogP contribution in [0.3, 0.4) is 0 Å². The first-order valence-electron chi connectivity index (χ1n) is 6.60. The van der Waals surface area contributed by atoms with Gasteiger partial charge in [-0.2, -0.15) is 0 Å². The van der Waals surface area contributed by atoms with Crippen molar-refractivity contribution in [3.63, 3.8) is 0 Å². The lowest BCUT2D eigenvalue weighted by molar-refractivity contribution is 0.219. The number of halogens is 1. The Morgan fingerprint density at radius 3 is 2.81 bits per heavy atom. The maximum absolute atomic E-state index is 10.6. The van der Waals surface area contributed by atoms with Crippen LogP contribution in [0.4, 0.5) is 5.69 Å². The third-order valence-electron chi connectivity index (χ3n) is 3.32. The number of nitrogen functional groups attached to an aromatic ring is 1. The van der Waals surface area contributed by atoms with E-state index < -0.39 is 6.10 Å². The van der Waals surface area contributed by atoms with E-state index in [-0.39, 0.29) is 0 Å². The molecule has 0 amide bonds. The number of benzene rings is 2. The Labute approximate surface area is 129 Å². The van der Waals surface area contributed by atoms with Crippen LogP contribution < -0.4 is 10.5 Å². The van der Waals surface area contributed by atoms with Crippen LogP contribution >= 0.6 is 11.6 Å². The second-order valence-corrected chi connectivity index (χ2v) is 5.18. The van der Waals surface area contributed by atoms with Crippen molar-refractivity contribution in [3.05, 3.63) is 70.8 Å². The van der Waals surface area contributed by atoms with Gasteiger partial charge < -0.3 is 15.6 Å². The maximum Gasteiger partial charge on any atom is 0.123 e. The van der Waals surface area contributed by atoms with Crippen molar-refractivity contribution in [3.8, 4) is 5.75 Å². The second kappa shape index (κ2) is 6.66. The topological polar surface area (TPSA) is 55.5 Å². The average Bonchev–Trinajstić information content (AvgIpc) is 2.48. The normalized spacial score (nSPS) is 12.0. The smallest absolute Gasteiger partial charge is 0.123 e. The summed E-state index contributed by atoms with van der Waals surface area (Å²) in [6.07, 6.45) is 0.827. The van der Waals surface area contributed by atoms with Crippen molar-refractivity contribution < 1.29 is 9.84 Å². The minimum absolute atomic E-state index is 0.416. The van der Waals surface area contributed by atoms with E-state index in [9.17, 15) is 5.11 Å².